The maximum atomic E-state index is 14.1. The number of hydrogen-bond acceptors (Lipinski definition) is 5. The first-order valence-electron chi connectivity index (χ1n) is 12.8. The summed E-state index contributed by atoms with van der Waals surface area (Å²) in [5, 5.41) is 7.00. The Labute approximate surface area is 215 Å². The number of aliphatic hydroxyl groups is 1. The number of thioether (sulfide) groups is 1. The van der Waals surface area contributed by atoms with Gasteiger partial charge in [0.25, 0.3) is 0 Å². The monoisotopic (exact) mass is 500 g/mol. The molecule has 2 aliphatic heterocycles. The summed E-state index contributed by atoms with van der Waals surface area (Å²) >= 11 is 1.57. The number of esters is 1. The fraction of sp³-hybridized carbons (Fsp3) is 0.552. The molecule has 2 aliphatic rings. The smallest absolute Gasteiger partial charge is 0.348 e. The molecule has 6 heteroatoms. The Hall–Kier alpha value is -1.86. The van der Waals surface area contributed by atoms with Crippen LogP contribution >= 0.6 is 11.8 Å². The Morgan fingerprint density at radius 1 is 1.00 bits per heavy atom. The standard InChI is InChI=1S/C28H38NO3S.CH4O/c1-4-25-20-26(19-22(2)29(25)17-11-12-18-29)32-27(30)28(31-21-33-3,23-13-7-5-8-14-23)24-15-9-6-10-16-24;1-2/h5-10,13-16,22,25-26H,4,11-12,17-21H2,1-3H3;2H,1H3/q+1;. The quantitative estimate of drug-likeness (QED) is 0.300. The summed E-state index contributed by atoms with van der Waals surface area (Å²) < 4.78 is 14.0. The van der Waals surface area contributed by atoms with Crippen LogP contribution in [0.5, 0.6) is 0 Å². The van der Waals surface area contributed by atoms with Crippen LogP contribution in [0.2, 0.25) is 0 Å². The molecule has 3 atom stereocenters. The molecule has 192 valence electrons. The zero-order valence-electron chi connectivity index (χ0n) is 21.7. The lowest BCUT2D eigenvalue weighted by Crippen LogP contribution is -2.63. The van der Waals surface area contributed by atoms with Gasteiger partial charge in [-0.1, -0.05) is 67.6 Å². The molecule has 2 fully saturated rings. The van der Waals surface area contributed by atoms with E-state index in [9.17, 15) is 4.79 Å². The van der Waals surface area contributed by atoms with E-state index in [0.717, 1.165) is 37.5 Å². The number of benzene rings is 2. The van der Waals surface area contributed by atoms with Gasteiger partial charge in [-0.05, 0) is 30.7 Å². The SMILES string of the molecule is CCC1CC(OC(=O)C(OCSC)(c2ccccc2)c2ccccc2)CC(C)[N+]12CCCC2.CO. The molecule has 3 unspecified atom stereocenters. The van der Waals surface area contributed by atoms with Gasteiger partial charge in [0.2, 0.25) is 5.60 Å². The summed E-state index contributed by atoms with van der Waals surface area (Å²) in [4.78, 5) is 14.1. The Bertz CT molecular complexity index is 862. The number of aliphatic hydroxyl groups excluding tert-OH is 1. The molecule has 0 bridgehead atoms. The number of ether oxygens (including phenoxy) is 2. The molecule has 2 heterocycles. The maximum absolute atomic E-state index is 14.1. The molecule has 1 spiro atoms. The van der Waals surface area contributed by atoms with Gasteiger partial charge in [-0.25, -0.2) is 4.79 Å². The van der Waals surface area contributed by atoms with Gasteiger partial charge in [-0.2, -0.15) is 0 Å². The first-order valence-corrected chi connectivity index (χ1v) is 14.2. The number of carbonyl (C=O) groups excluding carboxylic acids is 1. The molecule has 2 saturated heterocycles. The van der Waals surface area contributed by atoms with E-state index in [0.29, 0.717) is 18.0 Å². The zero-order chi connectivity index (χ0) is 25.3. The second-order valence-corrected chi connectivity index (χ2v) is 10.4. The molecular formula is C29H42NO4S+. The van der Waals surface area contributed by atoms with Gasteiger partial charge in [0.1, 0.15) is 6.10 Å². The molecule has 2 aromatic rings. The van der Waals surface area contributed by atoms with Gasteiger partial charge in [0.15, 0.2) is 0 Å². The molecule has 0 amide bonds. The third kappa shape index (κ3) is 5.61. The molecule has 5 nitrogen and oxygen atoms in total. The van der Waals surface area contributed by atoms with Crippen LogP contribution in [0.1, 0.15) is 57.1 Å². The molecule has 1 N–H and O–H groups in total. The topological polar surface area (TPSA) is 55.8 Å². The third-order valence-electron chi connectivity index (χ3n) is 7.93. The van der Waals surface area contributed by atoms with E-state index in [4.69, 9.17) is 14.6 Å². The van der Waals surface area contributed by atoms with Crippen LogP contribution in [0, 0.1) is 0 Å². The molecule has 35 heavy (non-hydrogen) atoms. The van der Waals surface area contributed by atoms with Gasteiger partial charge in [0.05, 0.1) is 31.1 Å². The van der Waals surface area contributed by atoms with Crippen molar-refractivity contribution in [3.05, 3.63) is 71.8 Å². The number of rotatable bonds is 8. The number of carbonyl (C=O) groups is 1. The summed E-state index contributed by atoms with van der Waals surface area (Å²) in [5.41, 5.74) is 0.358. The highest BCUT2D eigenvalue weighted by atomic mass is 32.2. The van der Waals surface area contributed by atoms with E-state index in [1.165, 1.54) is 30.4 Å². The lowest BCUT2D eigenvalue weighted by molar-refractivity contribution is -0.967. The van der Waals surface area contributed by atoms with Crippen LogP contribution in [-0.2, 0) is 19.9 Å². The van der Waals surface area contributed by atoms with Crippen LogP contribution in [0.3, 0.4) is 0 Å². The highest BCUT2D eigenvalue weighted by Gasteiger charge is 2.51. The highest BCUT2D eigenvalue weighted by molar-refractivity contribution is 7.98. The molecule has 2 aromatic carbocycles. The van der Waals surface area contributed by atoms with Crippen LogP contribution < -0.4 is 0 Å². The fourth-order valence-corrected chi connectivity index (χ4v) is 6.57. The van der Waals surface area contributed by atoms with E-state index in [1.807, 2.05) is 66.9 Å². The van der Waals surface area contributed by atoms with Crippen molar-refractivity contribution in [2.45, 2.75) is 69.7 Å². The number of hydrogen-bond donors (Lipinski definition) is 1. The summed E-state index contributed by atoms with van der Waals surface area (Å²) in [6, 6.07) is 20.7. The predicted octanol–water partition coefficient (Wildman–Crippen LogP) is 5.36. The third-order valence-corrected chi connectivity index (χ3v) is 8.28. The van der Waals surface area contributed by atoms with Crippen molar-refractivity contribution in [3.8, 4) is 0 Å². The van der Waals surface area contributed by atoms with Gasteiger partial charge in [-0.3, -0.25) is 0 Å². The molecule has 0 aliphatic carbocycles. The molecule has 4 rings (SSSR count). The Balaban J connectivity index is 0.00000167. The van der Waals surface area contributed by atoms with Crippen molar-refractivity contribution in [1.29, 1.82) is 0 Å². The van der Waals surface area contributed by atoms with Gasteiger partial charge in [0, 0.05) is 32.8 Å². The first-order chi connectivity index (χ1) is 17.1. The van der Waals surface area contributed by atoms with Gasteiger partial charge in [-0.15, -0.1) is 11.8 Å². The lowest BCUT2D eigenvalue weighted by atomic mass is 9.85. The number of quaternary nitrogens is 1. The average Bonchev–Trinajstić information content (AvgIpc) is 3.40. The fourth-order valence-electron chi connectivity index (χ4n) is 6.27. The van der Waals surface area contributed by atoms with E-state index in [2.05, 4.69) is 13.8 Å². The van der Waals surface area contributed by atoms with Crippen molar-refractivity contribution in [2.75, 3.05) is 32.4 Å². The highest BCUT2D eigenvalue weighted by Crippen LogP contribution is 2.41. The van der Waals surface area contributed by atoms with E-state index >= 15 is 0 Å². The molecular weight excluding hydrogens is 458 g/mol. The summed E-state index contributed by atoms with van der Waals surface area (Å²) in [7, 11) is 1.00. The second kappa shape index (κ2) is 12.9. The van der Waals surface area contributed by atoms with Crippen molar-refractivity contribution in [3.63, 3.8) is 0 Å². The Morgan fingerprint density at radius 3 is 2.03 bits per heavy atom. The Morgan fingerprint density at radius 2 is 1.54 bits per heavy atom. The van der Waals surface area contributed by atoms with Crippen molar-refractivity contribution < 1.29 is 23.9 Å². The number of piperidine rings is 1. The summed E-state index contributed by atoms with van der Waals surface area (Å²) in [6.45, 7) is 7.20. The second-order valence-electron chi connectivity index (χ2n) is 9.63. The van der Waals surface area contributed by atoms with Crippen LogP contribution in [0.15, 0.2) is 60.7 Å². The van der Waals surface area contributed by atoms with Crippen molar-refractivity contribution in [2.24, 2.45) is 0 Å². The van der Waals surface area contributed by atoms with E-state index < -0.39 is 5.60 Å². The van der Waals surface area contributed by atoms with Crippen molar-refractivity contribution in [1.82, 2.24) is 0 Å². The zero-order valence-corrected chi connectivity index (χ0v) is 22.5. The normalized spacial score (nSPS) is 23.4. The van der Waals surface area contributed by atoms with Gasteiger partial charge >= 0.3 is 5.97 Å². The minimum atomic E-state index is -1.27. The van der Waals surface area contributed by atoms with Crippen LogP contribution in [-0.4, -0.2) is 66.1 Å². The van der Waals surface area contributed by atoms with E-state index in [-0.39, 0.29) is 12.1 Å². The first kappa shape index (κ1) is 27.7. The van der Waals surface area contributed by atoms with Crippen LogP contribution in [0.25, 0.3) is 0 Å². The number of nitrogens with zero attached hydrogens (tertiary/aromatic N) is 1. The minimum absolute atomic E-state index is 0.0773. The lowest BCUT2D eigenvalue weighted by Gasteiger charge is -2.51. The van der Waals surface area contributed by atoms with Crippen LogP contribution in [0.4, 0.5) is 0 Å². The largest absolute Gasteiger partial charge is 0.459 e. The van der Waals surface area contributed by atoms with Crippen molar-refractivity contribution >= 4 is 17.7 Å². The molecule has 0 radical (unpaired) electrons. The maximum Gasteiger partial charge on any atom is 0.348 e. The van der Waals surface area contributed by atoms with Gasteiger partial charge < -0.3 is 19.1 Å². The Kier molecular flexibility index (Phi) is 10.2. The summed E-state index contributed by atoms with van der Waals surface area (Å²) in [6.07, 6.45) is 7.53. The summed E-state index contributed by atoms with van der Waals surface area (Å²) in [5.74, 6) is 0.105. The molecule has 0 aromatic heterocycles. The minimum Gasteiger partial charge on any atom is -0.459 e. The molecule has 0 saturated carbocycles. The average molecular weight is 501 g/mol. The van der Waals surface area contributed by atoms with E-state index in [1.54, 1.807) is 11.8 Å². The predicted molar refractivity (Wildman–Crippen MR) is 143 cm³/mol.